The average Bonchev–Trinajstić information content (AvgIpc) is 2.60. The van der Waals surface area contributed by atoms with Crippen molar-refractivity contribution < 1.29 is 4.79 Å². The van der Waals surface area contributed by atoms with Crippen molar-refractivity contribution in [1.82, 2.24) is 5.32 Å². The van der Waals surface area contributed by atoms with Gasteiger partial charge < -0.3 is 10.2 Å². The lowest BCUT2D eigenvalue weighted by Gasteiger charge is -2.33. The molecule has 0 saturated carbocycles. The van der Waals surface area contributed by atoms with Crippen molar-refractivity contribution in [1.29, 1.82) is 0 Å². The number of fused-ring (bicyclic) bond motifs is 1. The van der Waals surface area contributed by atoms with Crippen LogP contribution in [0.1, 0.15) is 29.6 Å². The van der Waals surface area contributed by atoms with Gasteiger partial charge in [0.2, 0.25) is 0 Å². The Morgan fingerprint density at radius 3 is 3.00 bits per heavy atom. The van der Waals surface area contributed by atoms with Crippen molar-refractivity contribution in [2.24, 2.45) is 0 Å². The number of hydrogen-bond acceptors (Lipinski definition) is 2. The van der Waals surface area contributed by atoms with E-state index in [2.05, 4.69) is 28.4 Å². The molecule has 0 saturated heterocycles. The Bertz CT molecular complexity index is 481. The third-order valence-corrected chi connectivity index (χ3v) is 3.73. The van der Waals surface area contributed by atoms with Crippen LogP contribution in [0, 0.1) is 0 Å². The number of carbonyl (C=O) groups excluding carboxylic acids is 1. The molecular weight excluding hydrogens is 224 g/mol. The number of carbonyl (C=O) groups is 1. The Kier molecular flexibility index (Phi) is 3.05. The summed E-state index contributed by atoms with van der Waals surface area (Å²) in [6.45, 7) is 1.61. The van der Waals surface area contributed by atoms with E-state index in [1.165, 1.54) is 19.3 Å². The number of benzene rings is 1. The fraction of sp³-hybridized carbons (Fsp3) is 0.400. The van der Waals surface area contributed by atoms with E-state index in [9.17, 15) is 4.79 Å². The van der Waals surface area contributed by atoms with Crippen LogP contribution < -0.4 is 10.2 Å². The highest BCUT2D eigenvalue weighted by atomic mass is 16.1. The Hall–Kier alpha value is -1.77. The summed E-state index contributed by atoms with van der Waals surface area (Å²) >= 11 is 0. The molecule has 1 atom stereocenters. The second-order valence-electron chi connectivity index (χ2n) is 4.89. The van der Waals surface area contributed by atoms with Crippen molar-refractivity contribution in [3.8, 4) is 0 Å². The van der Waals surface area contributed by atoms with Crippen molar-refractivity contribution in [2.75, 3.05) is 18.0 Å². The average molecular weight is 242 g/mol. The molecule has 1 aromatic carbocycles. The van der Waals surface area contributed by atoms with Crippen LogP contribution >= 0.6 is 0 Å². The first-order valence-electron chi connectivity index (χ1n) is 6.67. The van der Waals surface area contributed by atoms with Gasteiger partial charge in [0, 0.05) is 19.1 Å². The van der Waals surface area contributed by atoms with Gasteiger partial charge in [0.05, 0.1) is 11.3 Å². The summed E-state index contributed by atoms with van der Waals surface area (Å²) in [4.78, 5) is 14.3. The minimum absolute atomic E-state index is 0.0490. The van der Waals surface area contributed by atoms with Gasteiger partial charge in [0.1, 0.15) is 0 Å². The van der Waals surface area contributed by atoms with Crippen LogP contribution in [0.5, 0.6) is 0 Å². The first kappa shape index (κ1) is 11.3. The molecule has 94 valence electrons. The molecule has 1 unspecified atom stereocenters. The fourth-order valence-corrected chi connectivity index (χ4v) is 2.82. The number of nitrogens with one attached hydrogen (secondary N) is 1. The predicted molar refractivity (Wildman–Crippen MR) is 72.9 cm³/mol. The lowest BCUT2D eigenvalue weighted by Crippen LogP contribution is -2.38. The van der Waals surface area contributed by atoms with E-state index in [4.69, 9.17) is 0 Å². The zero-order chi connectivity index (χ0) is 12.4. The van der Waals surface area contributed by atoms with Crippen molar-refractivity contribution in [2.45, 2.75) is 25.3 Å². The van der Waals surface area contributed by atoms with E-state index in [1.54, 1.807) is 0 Å². The van der Waals surface area contributed by atoms with E-state index in [0.717, 1.165) is 24.3 Å². The Morgan fingerprint density at radius 2 is 2.17 bits per heavy atom. The standard InChI is InChI=1S/C15H18N2O/c18-15-13-8-4-5-9-14(13)17(11-10-16-15)12-6-2-1-3-7-12/h2,4-6,8-9,12H,1,3,7,10-11H2,(H,16,18). The van der Waals surface area contributed by atoms with Crippen molar-refractivity contribution in [3.05, 3.63) is 42.0 Å². The lowest BCUT2D eigenvalue weighted by molar-refractivity contribution is 0.0958. The predicted octanol–water partition coefficient (Wildman–Crippen LogP) is 2.35. The van der Waals surface area contributed by atoms with E-state index in [1.807, 2.05) is 18.2 Å². The molecule has 0 bridgehead atoms. The van der Waals surface area contributed by atoms with Gasteiger partial charge in [-0.15, -0.1) is 0 Å². The largest absolute Gasteiger partial charge is 0.363 e. The van der Waals surface area contributed by atoms with Crippen LogP contribution in [-0.2, 0) is 0 Å². The zero-order valence-electron chi connectivity index (χ0n) is 10.4. The summed E-state index contributed by atoms with van der Waals surface area (Å²) in [5.41, 5.74) is 1.87. The lowest BCUT2D eigenvalue weighted by atomic mass is 10.00. The molecular formula is C15H18N2O. The number of rotatable bonds is 1. The molecule has 3 rings (SSSR count). The van der Waals surface area contributed by atoms with Crippen molar-refractivity contribution in [3.63, 3.8) is 0 Å². The first-order chi connectivity index (χ1) is 8.86. The second-order valence-corrected chi connectivity index (χ2v) is 4.89. The summed E-state index contributed by atoms with van der Waals surface area (Å²) in [5, 5.41) is 2.97. The van der Waals surface area contributed by atoms with Gasteiger partial charge >= 0.3 is 0 Å². The number of anilines is 1. The maximum atomic E-state index is 12.0. The summed E-state index contributed by atoms with van der Waals surface area (Å²) in [7, 11) is 0. The van der Waals surface area contributed by atoms with Crippen LogP contribution in [0.15, 0.2) is 36.4 Å². The molecule has 1 amide bonds. The molecule has 0 radical (unpaired) electrons. The smallest absolute Gasteiger partial charge is 0.253 e. The SMILES string of the molecule is O=C1NCCN(C2C=CCCC2)c2ccccc21. The van der Waals surface area contributed by atoms with E-state index < -0.39 is 0 Å². The van der Waals surface area contributed by atoms with Gasteiger partial charge in [-0.05, 0) is 31.4 Å². The third kappa shape index (κ3) is 2.01. The maximum Gasteiger partial charge on any atom is 0.253 e. The molecule has 1 heterocycles. The second kappa shape index (κ2) is 4.84. The van der Waals surface area contributed by atoms with Gasteiger partial charge in [-0.1, -0.05) is 24.3 Å². The Morgan fingerprint density at radius 1 is 1.28 bits per heavy atom. The quantitative estimate of drug-likeness (QED) is 0.767. The molecule has 2 aliphatic rings. The van der Waals surface area contributed by atoms with E-state index in [0.29, 0.717) is 6.04 Å². The third-order valence-electron chi connectivity index (χ3n) is 3.73. The number of hydrogen-bond donors (Lipinski definition) is 1. The number of allylic oxidation sites excluding steroid dienone is 1. The topological polar surface area (TPSA) is 32.3 Å². The molecule has 18 heavy (non-hydrogen) atoms. The molecule has 3 heteroatoms. The van der Waals surface area contributed by atoms with Crippen LogP contribution in [0.25, 0.3) is 0 Å². The fourth-order valence-electron chi connectivity index (χ4n) is 2.82. The van der Waals surface area contributed by atoms with Crippen LogP contribution in [0.2, 0.25) is 0 Å². The number of para-hydroxylation sites is 1. The number of amides is 1. The van der Waals surface area contributed by atoms with Crippen molar-refractivity contribution >= 4 is 11.6 Å². The van der Waals surface area contributed by atoms with Gasteiger partial charge in [0.25, 0.3) is 5.91 Å². The van der Waals surface area contributed by atoms with Crippen LogP contribution in [0.4, 0.5) is 5.69 Å². The minimum atomic E-state index is 0.0490. The highest BCUT2D eigenvalue weighted by Gasteiger charge is 2.24. The highest BCUT2D eigenvalue weighted by Crippen LogP contribution is 2.27. The molecule has 1 N–H and O–H groups in total. The summed E-state index contributed by atoms with van der Waals surface area (Å²) < 4.78 is 0. The molecule has 1 aliphatic heterocycles. The molecule has 1 aliphatic carbocycles. The van der Waals surface area contributed by atoms with Gasteiger partial charge in [-0.25, -0.2) is 0 Å². The molecule has 0 spiro atoms. The van der Waals surface area contributed by atoms with E-state index in [-0.39, 0.29) is 5.91 Å². The monoisotopic (exact) mass is 242 g/mol. The first-order valence-corrected chi connectivity index (χ1v) is 6.67. The minimum Gasteiger partial charge on any atom is -0.363 e. The highest BCUT2D eigenvalue weighted by molar-refractivity contribution is 6.00. The molecule has 0 aromatic heterocycles. The summed E-state index contributed by atoms with van der Waals surface area (Å²) in [6, 6.07) is 8.35. The number of nitrogens with zero attached hydrogens (tertiary/aromatic N) is 1. The maximum absolute atomic E-state index is 12.0. The molecule has 1 aromatic rings. The Balaban J connectivity index is 1.99. The van der Waals surface area contributed by atoms with Gasteiger partial charge in [-0.3, -0.25) is 4.79 Å². The van der Waals surface area contributed by atoms with Crippen LogP contribution in [-0.4, -0.2) is 25.0 Å². The molecule has 0 fully saturated rings. The molecule has 3 nitrogen and oxygen atoms in total. The van der Waals surface area contributed by atoms with Crippen LogP contribution in [0.3, 0.4) is 0 Å². The Labute approximate surface area is 107 Å². The normalized spacial score (nSPS) is 23.2. The summed E-state index contributed by atoms with van der Waals surface area (Å²) in [6.07, 6.45) is 8.15. The van der Waals surface area contributed by atoms with Gasteiger partial charge in [-0.2, -0.15) is 0 Å². The van der Waals surface area contributed by atoms with E-state index >= 15 is 0 Å². The van der Waals surface area contributed by atoms with Gasteiger partial charge in [0.15, 0.2) is 0 Å². The summed E-state index contributed by atoms with van der Waals surface area (Å²) in [5.74, 6) is 0.0490. The zero-order valence-corrected chi connectivity index (χ0v) is 10.4.